The Kier molecular flexibility index (Phi) is 3.50. The van der Waals surface area contributed by atoms with Crippen LogP contribution in [-0.2, 0) is 6.54 Å². The van der Waals surface area contributed by atoms with Crippen molar-refractivity contribution in [2.75, 3.05) is 5.73 Å². The van der Waals surface area contributed by atoms with Crippen LogP contribution in [0.3, 0.4) is 0 Å². The minimum absolute atomic E-state index is 0.138. The van der Waals surface area contributed by atoms with E-state index in [0.29, 0.717) is 6.54 Å². The van der Waals surface area contributed by atoms with Gasteiger partial charge >= 0.3 is 0 Å². The molecule has 1 heterocycles. The first-order chi connectivity index (χ1) is 9.00. The predicted octanol–water partition coefficient (Wildman–Crippen LogP) is 1.68. The minimum Gasteiger partial charge on any atom is -0.396 e. The van der Waals surface area contributed by atoms with Gasteiger partial charge in [0.25, 0.3) is 5.91 Å². The zero-order valence-electron chi connectivity index (χ0n) is 10.7. The van der Waals surface area contributed by atoms with E-state index in [4.69, 9.17) is 5.73 Å². The molecule has 0 aliphatic rings. The third kappa shape index (κ3) is 2.57. The van der Waals surface area contributed by atoms with Crippen molar-refractivity contribution in [2.24, 2.45) is 0 Å². The summed E-state index contributed by atoms with van der Waals surface area (Å²) in [6, 6.07) is 4.16. The molecule has 1 aromatic carbocycles. The summed E-state index contributed by atoms with van der Waals surface area (Å²) in [6.45, 7) is 4.04. The van der Waals surface area contributed by atoms with Gasteiger partial charge in [-0.1, -0.05) is 6.07 Å². The summed E-state index contributed by atoms with van der Waals surface area (Å²) in [5.74, 6) is -1.000. The van der Waals surface area contributed by atoms with E-state index in [1.54, 1.807) is 0 Å². The number of rotatable bonds is 3. The van der Waals surface area contributed by atoms with Crippen molar-refractivity contribution in [3.8, 4) is 0 Å². The van der Waals surface area contributed by atoms with Gasteiger partial charge in [-0.2, -0.15) is 5.10 Å². The lowest BCUT2D eigenvalue weighted by Gasteiger charge is -2.08. The van der Waals surface area contributed by atoms with Gasteiger partial charge in [0.2, 0.25) is 0 Å². The quantitative estimate of drug-likeness (QED) is 0.736. The second kappa shape index (κ2) is 5.09. The summed E-state index contributed by atoms with van der Waals surface area (Å²) in [6.07, 6.45) is 0. The van der Waals surface area contributed by atoms with Crippen LogP contribution in [-0.4, -0.2) is 16.1 Å². The lowest BCUT2D eigenvalue weighted by molar-refractivity contribution is 0.0951. The number of aromatic amines is 1. The number of anilines is 1. The van der Waals surface area contributed by atoms with Gasteiger partial charge in [0.05, 0.1) is 16.9 Å². The van der Waals surface area contributed by atoms with Crippen LogP contribution in [0.5, 0.6) is 0 Å². The third-order valence-corrected chi connectivity index (χ3v) is 3.00. The first-order valence-corrected chi connectivity index (χ1v) is 5.83. The standard InChI is InChI=1S/C13H15FN4O/c1-7-10(8(2)18-17-7)6-16-13(19)9-4-3-5-11(14)12(9)15/h3-5H,6,15H2,1-2H3,(H,16,19)(H,17,18). The molecule has 0 aliphatic carbocycles. The topological polar surface area (TPSA) is 83.8 Å². The number of aromatic nitrogens is 2. The molecule has 0 fully saturated rings. The number of nitrogens with two attached hydrogens (primary N) is 1. The molecule has 0 saturated heterocycles. The normalized spacial score (nSPS) is 10.5. The maximum Gasteiger partial charge on any atom is 0.253 e. The average Bonchev–Trinajstić information content (AvgIpc) is 2.70. The summed E-state index contributed by atoms with van der Waals surface area (Å²) in [7, 11) is 0. The smallest absolute Gasteiger partial charge is 0.253 e. The summed E-state index contributed by atoms with van der Waals surface area (Å²) in [4.78, 5) is 11.9. The lowest BCUT2D eigenvalue weighted by atomic mass is 10.1. The number of carbonyl (C=O) groups is 1. The van der Waals surface area contributed by atoms with Crippen molar-refractivity contribution in [1.82, 2.24) is 15.5 Å². The Balaban J connectivity index is 2.12. The van der Waals surface area contributed by atoms with Gasteiger partial charge in [0.15, 0.2) is 0 Å². The molecule has 0 aliphatic heterocycles. The number of halogens is 1. The fraction of sp³-hybridized carbons (Fsp3) is 0.231. The number of amides is 1. The molecule has 0 radical (unpaired) electrons. The highest BCUT2D eigenvalue weighted by atomic mass is 19.1. The average molecular weight is 262 g/mol. The Bertz CT molecular complexity index is 602. The van der Waals surface area contributed by atoms with Crippen LogP contribution in [0, 0.1) is 19.7 Å². The fourth-order valence-electron chi connectivity index (χ4n) is 1.83. The molecule has 100 valence electrons. The van der Waals surface area contributed by atoms with Crippen molar-refractivity contribution in [3.63, 3.8) is 0 Å². The largest absolute Gasteiger partial charge is 0.396 e. The van der Waals surface area contributed by atoms with Gasteiger partial charge in [-0.15, -0.1) is 0 Å². The summed E-state index contributed by atoms with van der Waals surface area (Å²) < 4.78 is 13.3. The monoisotopic (exact) mass is 262 g/mol. The maximum atomic E-state index is 13.3. The van der Waals surface area contributed by atoms with Crippen LogP contribution in [0.4, 0.5) is 10.1 Å². The Morgan fingerprint density at radius 1 is 1.47 bits per heavy atom. The van der Waals surface area contributed by atoms with Crippen molar-refractivity contribution < 1.29 is 9.18 Å². The van der Waals surface area contributed by atoms with E-state index in [0.717, 1.165) is 17.0 Å². The molecule has 4 N–H and O–H groups in total. The molecule has 6 heteroatoms. The van der Waals surface area contributed by atoms with E-state index in [1.807, 2.05) is 13.8 Å². The Labute approximate surface area is 110 Å². The van der Waals surface area contributed by atoms with Gasteiger partial charge in [-0.3, -0.25) is 9.89 Å². The molecule has 2 aromatic rings. The number of aryl methyl sites for hydroxylation is 2. The number of nitrogen functional groups attached to an aromatic ring is 1. The highest BCUT2D eigenvalue weighted by Crippen LogP contribution is 2.16. The highest BCUT2D eigenvalue weighted by Gasteiger charge is 2.13. The summed E-state index contributed by atoms with van der Waals surface area (Å²) in [5, 5.41) is 9.58. The van der Waals surface area contributed by atoms with Gasteiger partial charge in [0, 0.05) is 17.8 Å². The van der Waals surface area contributed by atoms with Crippen molar-refractivity contribution in [3.05, 3.63) is 46.5 Å². The number of para-hydroxylation sites is 1. The van der Waals surface area contributed by atoms with Crippen LogP contribution in [0.25, 0.3) is 0 Å². The second-order valence-corrected chi connectivity index (χ2v) is 4.30. The molecule has 5 nitrogen and oxygen atoms in total. The Hall–Kier alpha value is -2.37. The van der Waals surface area contributed by atoms with Crippen LogP contribution in [0.1, 0.15) is 27.3 Å². The van der Waals surface area contributed by atoms with E-state index in [2.05, 4.69) is 15.5 Å². The van der Waals surface area contributed by atoms with Gasteiger partial charge in [-0.05, 0) is 26.0 Å². The SMILES string of the molecule is Cc1n[nH]c(C)c1CNC(=O)c1cccc(F)c1N. The van der Waals surface area contributed by atoms with E-state index in [-0.39, 0.29) is 11.3 Å². The van der Waals surface area contributed by atoms with Crippen LogP contribution in [0.2, 0.25) is 0 Å². The van der Waals surface area contributed by atoms with Crippen LogP contribution >= 0.6 is 0 Å². The fourth-order valence-corrected chi connectivity index (χ4v) is 1.83. The number of hydrogen-bond donors (Lipinski definition) is 3. The summed E-state index contributed by atoms with van der Waals surface area (Å²) >= 11 is 0. The molecule has 0 bridgehead atoms. The number of H-pyrrole nitrogens is 1. The predicted molar refractivity (Wildman–Crippen MR) is 70.0 cm³/mol. The molecule has 19 heavy (non-hydrogen) atoms. The first kappa shape index (κ1) is 13.1. The zero-order valence-corrected chi connectivity index (χ0v) is 10.7. The number of nitrogens with zero attached hydrogens (tertiary/aromatic N) is 1. The first-order valence-electron chi connectivity index (χ1n) is 5.83. The van der Waals surface area contributed by atoms with E-state index < -0.39 is 11.7 Å². The van der Waals surface area contributed by atoms with Crippen LogP contribution in [0.15, 0.2) is 18.2 Å². The molecule has 2 rings (SSSR count). The molecule has 1 aromatic heterocycles. The maximum absolute atomic E-state index is 13.3. The number of nitrogens with one attached hydrogen (secondary N) is 2. The zero-order chi connectivity index (χ0) is 14.0. The second-order valence-electron chi connectivity index (χ2n) is 4.30. The molecular formula is C13H15FN4O. The summed E-state index contributed by atoms with van der Waals surface area (Å²) in [5.41, 5.74) is 8.17. The van der Waals surface area contributed by atoms with Gasteiger partial charge < -0.3 is 11.1 Å². The Morgan fingerprint density at radius 2 is 2.21 bits per heavy atom. The lowest BCUT2D eigenvalue weighted by Crippen LogP contribution is -2.24. The van der Waals surface area contributed by atoms with Crippen LogP contribution < -0.4 is 11.1 Å². The van der Waals surface area contributed by atoms with E-state index in [9.17, 15) is 9.18 Å². The Morgan fingerprint density at radius 3 is 2.84 bits per heavy atom. The highest BCUT2D eigenvalue weighted by molar-refractivity contribution is 5.99. The number of benzene rings is 1. The molecule has 0 spiro atoms. The van der Waals surface area contributed by atoms with E-state index >= 15 is 0 Å². The van der Waals surface area contributed by atoms with Crippen molar-refractivity contribution >= 4 is 11.6 Å². The molecule has 0 atom stereocenters. The molecule has 0 unspecified atom stereocenters. The minimum atomic E-state index is -0.594. The van der Waals surface area contributed by atoms with Gasteiger partial charge in [0.1, 0.15) is 5.82 Å². The van der Waals surface area contributed by atoms with Gasteiger partial charge in [-0.25, -0.2) is 4.39 Å². The van der Waals surface area contributed by atoms with Crippen molar-refractivity contribution in [2.45, 2.75) is 20.4 Å². The van der Waals surface area contributed by atoms with Crippen molar-refractivity contribution in [1.29, 1.82) is 0 Å². The molecular weight excluding hydrogens is 247 g/mol. The molecule has 0 saturated carbocycles. The number of hydrogen-bond acceptors (Lipinski definition) is 3. The van der Waals surface area contributed by atoms with E-state index in [1.165, 1.54) is 18.2 Å². The third-order valence-electron chi connectivity index (χ3n) is 3.00. The number of carbonyl (C=O) groups excluding carboxylic acids is 1. The molecule has 1 amide bonds.